The van der Waals surface area contributed by atoms with Crippen molar-refractivity contribution in [3.63, 3.8) is 0 Å². The molecule has 0 aliphatic rings. The van der Waals surface area contributed by atoms with Crippen molar-refractivity contribution >= 4 is 26.2 Å². The van der Waals surface area contributed by atoms with Crippen molar-refractivity contribution in [3.05, 3.63) is 0 Å². The number of nitrogens with zero attached hydrogens (tertiary/aromatic N) is 2. The Morgan fingerprint density at radius 1 is 1.11 bits per heavy atom. The highest BCUT2D eigenvalue weighted by Crippen LogP contribution is 1.81. The molecule has 0 bridgehead atoms. The average molecular weight is 164 g/mol. The van der Waals surface area contributed by atoms with E-state index in [4.69, 9.17) is 11.2 Å². The minimum absolute atomic E-state index is 1.09. The van der Waals surface area contributed by atoms with E-state index in [-0.39, 0.29) is 0 Å². The van der Waals surface area contributed by atoms with Gasteiger partial charge in [0, 0.05) is 0 Å². The molecule has 2 nitrogen and oxygen atoms in total. The van der Waals surface area contributed by atoms with Crippen LogP contribution in [0.1, 0.15) is 0 Å². The quantitative estimate of drug-likeness (QED) is 0.456. The third-order valence-corrected chi connectivity index (χ3v) is 2.17. The molecule has 0 spiro atoms. The maximum atomic E-state index is 4.82. The van der Waals surface area contributed by atoms with Gasteiger partial charge in [0.25, 0.3) is 0 Å². The van der Waals surface area contributed by atoms with Crippen LogP contribution >= 0.6 is 0 Å². The zero-order valence-electron chi connectivity index (χ0n) is 6.21. The Balaban J connectivity index is 4.19. The summed E-state index contributed by atoms with van der Waals surface area (Å²) in [5, 5.41) is 1.09. The van der Waals surface area contributed by atoms with Crippen LogP contribution in [0, 0.1) is 0 Å². The molecule has 54 valence electrons. The van der Waals surface area contributed by atoms with Gasteiger partial charge in [-0.1, -0.05) is 0 Å². The molecule has 0 fully saturated rings. The first kappa shape index (κ1) is 9.23. The molecule has 0 aliphatic carbocycles. The van der Waals surface area contributed by atoms with Gasteiger partial charge in [-0.05, 0) is 49.3 Å². The van der Waals surface area contributed by atoms with E-state index in [1.165, 1.54) is 9.91 Å². The lowest BCUT2D eigenvalue weighted by Crippen LogP contribution is -2.34. The molecule has 0 saturated carbocycles. The van der Waals surface area contributed by atoms with Gasteiger partial charge in [-0.2, -0.15) is 0 Å². The minimum Gasteiger partial charge on any atom is -0.262 e. The summed E-state index contributed by atoms with van der Waals surface area (Å²) in [5.74, 6) is 0. The molecule has 4 heteroatoms. The highest BCUT2D eigenvalue weighted by Gasteiger charge is 2.00. The van der Waals surface area contributed by atoms with Crippen molar-refractivity contribution in [2.24, 2.45) is 0 Å². The molecule has 0 aliphatic heterocycles. The van der Waals surface area contributed by atoms with Crippen LogP contribution in [0.4, 0.5) is 0 Å². The van der Waals surface area contributed by atoms with E-state index in [9.17, 15) is 0 Å². The van der Waals surface area contributed by atoms with Gasteiger partial charge in [0.05, 0.1) is 0 Å². The summed E-state index contributed by atoms with van der Waals surface area (Å²) >= 11 is 4.82. The van der Waals surface area contributed by atoms with Crippen LogP contribution in [0.2, 0.25) is 0 Å². The van der Waals surface area contributed by atoms with Crippen molar-refractivity contribution in [1.29, 1.82) is 0 Å². The Morgan fingerprint density at radius 3 is 1.44 bits per heavy atom. The number of rotatable bonds is 0. The Kier molecular flexibility index (Phi) is 4.22. The number of hydrogen-bond acceptors (Lipinski definition) is 1. The molecule has 0 aromatic carbocycles. The molecule has 0 rings (SSSR count). The molecule has 0 N–H and O–H groups in total. The topological polar surface area (TPSA) is 6.48 Å². The molecule has 0 radical (unpaired) electrons. The molecule has 9 heavy (non-hydrogen) atoms. The van der Waals surface area contributed by atoms with Crippen LogP contribution in [0.15, 0.2) is 0 Å². The summed E-state index contributed by atoms with van der Waals surface area (Å²) in [6.45, 7) is 0. The van der Waals surface area contributed by atoms with Crippen molar-refractivity contribution in [2.45, 2.75) is 0 Å². The first-order valence-corrected chi connectivity index (χ1v) is 4.35. The van der Waals surface area contributed by atoms with Crippen LogP contribution in [0.25, 0.3) is 0 Å². The predicted octanol–water partition coefficient (Wildman–Crippen LogP) is -0.258. The monoisotopic (exact) mass is 164 g/mol. The fourth-order valence-electron chi connectivity index (χ4n) is 0.549. The lowest BCUT2D eigenvalue weighted by molar-refractivity contribution is 0.501. The summed E-state index contributed by atoms with van der Waals surface area (Å²) in [6.07, 6.45) is 0. The molecular formula is C5H12N2S2. The summed E-state index contributed by atoms with van der Waals surface area (Å²) in [7, 11) is 9.26. The van der Waals surface area contributed by atoms with Crippen molar-refractivity contribution in [3.8, 4) is 0 Å². The third-order valence-electron chi connectivity index (χ3n) is 0.840. The highest BCUT2D eigenvalue weighted by molar-refractivity contribution is 8.17. The Labute approximate surface area is 64.7 Å². The largest absolute Gasteiger partial charge is 0.262 e. The second kappa shape index (κ2) is 4.11. The summed E-state index contributed by atoms with van der Waals surface area (Å²) in [6, 6.07) is 0. The zero-order valence-corrected chi connectivity index (χ0v) is 7.84. The Hall–Kier alpha value is 0.230. The molecule has 0 amide bonds. The fraction of sp³-hybridized carbons (Fsp3) is 0.800. The maximum Gasteiger partial charge on any atom is 0.129 e. The van der Waals surface area contributed by atoms with Gasteiger partial charge in [-0.3, -0.25) is 9.80 Å². The Bertz CT molecular complexity index is 126. The van der Waals surface area contributed by atoms with Crippen molar-refractivity contribution in [2.75, 3.05) is 28.2 Å². The lowest BCUT2D eigenvalue weighted by Gasteiger charge is -2.17. The van der Waals surface area contributed by atoms with E-state index in [2.05, 4.69) is 0 Å². The predicted molar refractivity (Wildman–Crippen MR) is 47.1 cm³/mol. The molecule has 0 aromatic heterocycles. The van der Waals surface area contributed by atoms with E-state index in [1.54, 1.807) is 0 Å². The van der Waals surface area contributed by atoms with Gasteiger partial charge < -0.3 is 0 Å². The van der Waals surface area contributed by atoms with Crippen molar-refractivity contribution < 1.29 is 0 Å². The first-order chi connectivity index (χ1) is 4.09. The van der Waals surface area contributed by atoms with Crippen LogP contribution in [-0.2, 0) is 21.1 Å². The maximum absolute atomic E-state index is 4.82. The first-order valence-electron chi connectivity index (χ1n) is 2.61. The van der Waals surface area contributed by atoms with Gasteiger partial charge in [-0.25, -0.2) is 0 Å². The van der Waals surface area contributed by atoms with E-state index < -0.39 is 0 Å². The molecular weight excluding hydrogens is 152 g/mol. The smallest absolute Gasteiger partial charge is 0.129 e. The normalized spacial score (nSPS) is 10.4. The lowest BCUT2D eigenvalue weighted by atomic mass is 10.8. The van der Waals surface area contributed by atoms with Gasteiger partial charge in [0.2, 0.25) is 0 Å². The molecule has 0 saturated heterocycles. The molecule has 0 atom stereocenters. The van der Waals surface area contributed by atoms with Crippen LogP contribution in [0.3, 0.4) is 0 Å². The van der Waals surface area contributed by atoms with Gasteiger partial charge in [0.15, 0.2) is 0 Å². The molecule has 0 unspecified atom stereocenters. The van der Waals surface area contributed by atoms with E-state index in [0.29, 0.717) is 0 Å². The molecule has 0 aromatic rings. The van der Waals surface area contributed by atoms with Crippen LogP contribution in [-0.4, -0.2) is 43.1 Å². The van der Waals surface area contributed by atoms with Crippen LogP contribution in [0.5, 0.6) is 0 Å². The van der Waals surface area contributed by atoms with Crippen LogP contribution < -0.4 is 0 Å². The van der Waals surface area contributed by atoms with E-state index in [0.717, 1.165) is 5.11 Å². The summed E-state index contributed by atoms with van der Waals surface area (Å²) < 4.78 is 0. The third kappa shape index (κ3) is 3.05. The van der Waals surface area contributed by atoms with Crippen molar-refractivity contribution in [1.82, 2.24) is 9.80 Å². The summed E-state index contributed by atoms with van der Waals surface area (Å²) in [4.78, 5) is 4.00. The second-order valence-corrected chi connectivity index (χ2v) is 3.19. The van der Waals surface area contributed by atoms with E-state index >= 15 is 0 Å². The minimum atomic E-state index is 1.09. The highest BCUT2D eigenvalue weighted by atomic mass is 32.8. The van der Waals surface area contributed by atoms with Gasteiger partial charge in [0.1, 0.15) is 5.11 Å². The fourth-order valence-corrected chi connectivity index (χ4v) is 1.74. The van der Waals surface area contributed by atoms with Gasteiger partial charge in [-0.15, -0.1) is 0 Å². The number of hydrogen-bond donors (Lipinski definition) is 0. The zero-order chi connectivity index (χ0) is 7.44. The van der Waals surface area contributed by atoms with Gasteiger partial charge >= 0.3 is 0 Å². The summed E-state index contributed by atoms with van der Waals surface area (Å²) in [5.41, 5.74) is 0. The van der Waals surface area contributed by atoms with E-state index in [1.807, 2.05) is 38.0 Å². The standard InChI is InChI=1S/C5H12N2S2/c1-6(2)5(9-8)7(3)4/h1-4H3. The average Bonchev–Trinajstić information content (AvgIpc) is 1.64. The SMILES string of the molecule is CN(C)C(=S=S)N(C)C. The Morgan fingerprint density at radius 2 is 1.44 bits per heavy atom. The molecule has 0 heterocycles. The second-order valence-electron chi connectivity index (χ2n) is 2.15.